The smallest absolute Gasteiger partial charge is 0.233 e. The average molecular weight is 472 g/mol. The molecule has 34 heavy (non-hydrogen) atoms. The monoisotopic (exact) mass is 471 g/mol. The zero-order valence-corrected chi connectivity index (χ0v) is 20.1. The second kappa shape index (κ2) is 11.8. The number of aromatic hydroxyl groups is 1. The summed E-state index contributed by atoms with van der Waals surface area (Å²) in [5.41, 5.74) is 3.07. The van der Waals surface area contributed by atoms with Gasteiger partial charge < -0.3 is 20.4 Å². The van der Waals surface area contributed by atoms with Gasteiger partial charge in [-0.2, -0.15) is 0 Å². The highest BCUT2D eigenvalue weighted by molar-refractivity contribution is 6.05. The lowest BCUT2D eigenvalue weighted by molar-refractivity contribution is -0.140. The predicted molar refractivity (Wildman–Crippen MR) is 130 cm³/mol. The Morgan fingerprint density at radius 3 is 2.53 bits per heavy atom. The number of benzene rings is 1. The number of phenolic OH excluding ortho intramolecular Hbond substituents is 1. The molecule has 1 aromatic rings. The van der Waals surface area contributed by atoms with Gasteiger partial charge in [-0.25, -0.2) is 0 Å². The third kappa shape index (κ3) is 5.43. The van der Waals surface area contributed by atoms with Crippen LogP contribution in [0.4, 0.5) is 0 Å². The number of phenols is 1. The molecule has 7 nitrogen and oxygen atoms in total. The highest BCUT2D eigenvalue weighted by atomic mass is 16.3. The van der Waals surface area contributed by atoms with Gasteiger partial charge in [0, 0.05) is 12.5 Å². The number of hydrogen-bond acceptors (Lipinski definition) is 6. The van der Waals surface area contributed by atoms with Gasteiger partial charge in [-0.05, 0) is 60.9 Å². The van der Waals surface area contributed by atoms with E-state index in [0.29, 0.717) is 37.0 Å². The number of aliphatic hydroxyl groups is 3. The number of imide groups is 1. The summed E-state index contributed by atoms with van der Waals surface area (Å²) in [6.45, 7) is 3.64. The van der Waals surface area contributed by atoms with E-state index in [1.807, 2.05) is 19.1 Å². The molecule has 1 saturated heterocycles. The van der Waals surface area contributed by atoms with E-state index >= 15 is 0 Å². The Kier molecular flexibility index (Phi) is 9.05. The number of carbonyl (C=O) groups excluding carboxylic acids is 2. The second-order valence-electron chi connectivity index (χ2n) is 9.37. The summed E-state index contributed by atoms with van der Waals surface area (Å²) in [5.74, 6) is -2.30. The lowest BCUT2D eigenvalue weighted by atomic mass is 9.68. The lowest BCUT2D eigenvalue weighted by Crippen LogP contribution is -2.39. The average Bonchev–Trinajstić information content (AvgIpc) is 3.06. The van der Waals surface area contributed by atoms with Crippen LogP contribution in [-0.2, 0) is 9.59 Å². The quantitative estimate of drug-likeness (QED) is 0.291. The van der Waals surface area contributed by atoms with Gasteiger partial charge in [0.15, 0.2) is 0 Å². The van der Waals surface area contributed by atoms with Gasteiger partial charge in [-0.3, -0.25) is 14.5 Å². The molecule has 1 fully saturated rings. The van der Waals surface area contributed by atoms with Gasteiger partial charge in [0.05, 0.1) is 31.2 Å². The van der Waals surface area contributed by atoms with Crippen LogP contribution < -0.4 is 0 Å². The number of amides is 2. The molecular weight excluding hydrogens is 434 g/mol. The number of fused-ring (bicyclic) bond motifs is 1. The number of hydrogen-bond donors (Lipinski definition) is 4. The maximum absolute atomic E-state index is 13.1. The van der Waals surface area contributed by atoms with Crippen LogP contribution in [0.5, 0.6) is 5.75 Å². The number of nitrogens with zero attached hydrogens (tertiary/aromatic N) is 1. The van der Waals surface area contributed by atoms with Gasteiger partial charge in [0.1, 0.15) is 5.75 Å². The van der Waals surface area contributed by atoms with E-state index in [9.17, 15) is 30.0 Å². The van der Waals surface area contributed by atoms with Crippen molar-refractivity contribution in [2.24, 2.45) is 17.8 Å². The third-order valence-corrected chi connectivity index (χ3v) is 7.02. The predicted octanol–water partition coefficient (Wildman–Crippen LogP) is 3.03. The van der Waals surface area contributed by atoms with Crippen molar-refractivity contribution in [2.45, 2.75) is 58.5 Å². The van der Waals surface area contributed by atoms with E-state index in [2.05, 4.69) is 6.92 Å². The van der Waals surface area contributed by atoms with Gasteiger partial charge in [-0.1, -0.05) is 44.1 Å². The number of aliphatic hydroxyl groups excluding tert-OH is 3. The first kappa shape index (κ1) is 26.1. The van der Waals surface area contributed by atoms with Gasteiger partial charge in [0.25, 0.3) is 0 Å². The Hall–Kier alpha value is -2.48. The molecule has 1 aliphatic carbocycles. The summed E-state index contributed by atoms with van der Waals surface area (Å²) >= 11 is 0. The molecule has 4 atom stereocenters. The van der Waals surface area contributed by atoms with Crippen molar-refractivity contribution in [2.75, 3.05) is 19.8 Å². The SMILES string of the molecule is CCC/C(=C\c1cccc(O)c1)CC[C@@H](O)C1=C(CO)C[C@H]2C(=O)N(CCC)C(=O)[C@H]2[C@H]1CO. The molecule has 2 aliphatic rings. The fourth-order valence-electron chi connectivity index (χ4n) is 5.53. The summed E-state index contributed by atoms with van der Waals surface area (Å²) in [6.07, 6.45) is 4.69. The molecule has 1 aliphatic heterocycles. The van der Waals surface area contributed by atoms with Crippen molar-refractivity contribution in [3.63, 3.8) is 0 Å². The lowest BCUT2D eigenvalue weighted by Gasteiger charge is -2.36. The first-order chi connectivity index (χ1) is 16.4. The summed E-state index contributed by atoms with van der Waals surface area (Å²) in [7, 11) is 0. The highest BCUT2D eigenvalue weighted by Crippen LogP contribution is 2.46. The maximum Gasteiger partial charge on any atom is 0.233 e. The molecule has 0 bridgehead atoms. The van der Waals surface area contributed by atoms with Crippen LogP contribution in [0.15, 0.2) is 41.0 Å². The van der Waals surface area contributed by atoms with E-state index in [1.54, 1.807) is 18.2 Å². The third-order valence-electron chi connectivity index (χ3n) is 7.02. The number of allylic oxidation sites excluding steroid dienone is 1. The topological polar surface area (TPSA) is 118 Å². The fourth-order valence-corrected chi connectivity index (χ4v) is 5.53. The second-order valence-corrected chi connectivity index (χ2v) is 9.37. The van der Waals surface area contributed by atoms with Crippen molar-refractivity contribution in [1.29, 1.82) is 0 Å². The summed E-state index contributed by atoms with van der Waals surface area (Å²) in [5, 5.41) is 41.2. The van der Waals surface area contributed by atoms with Crippen LogP contribution in [0.25, 0.3) is 6.08 Å². The Morgan fingerprint density at radius 1 is 1.15 bits per heavy atom. The molecule has 0 spiro atoms. The summed E-state index contributed by atoms with van der Waals surface area (Å²) < 4.78 is 0. The number of carbonyl (C=O) groups is 2. The van der Waals surface area contributed by atoms with Gasteiger partial charge in [0.2, 0.25) is 11.8 Å². The Bertz CT molecular complexity index is 952. The van der Waals surface area contributed by atoms with E-state index in [0.717, 1.165) is 24.0 Å². The number of likely N-dealkylation sites (tertiary alicyclic amines) is 1. The molecule has 0 unspecified atom stereocenters. The van der Waals surface area contributed by atoms with Crippen LogP contribution >= 0.6 is 0 Å². The zero-order valence-electron chi connectivity index (χ0n) is 20.1. The van der Waals surface area contributed by atoms with E-state index in [-0.39, 0.29) is 37.2 Å². The van der Waals surface area contributed by atoms with Crippen LogP contribution in [0.3, 0.4) is 0 Å². The van der Waals surface area contributed by atoms with Crippen molar-refractivity contribution in [1.82, 2.24) is 4.90 Å². The molecule has 0 radical (unpaired) electrons. The molecular formula is C27H37NO6. The first-order valence-corrected chi connectivity index (χ1v) is 12.3. The standard InChI is InChI=1S/C27H37NO6/c1-3-6-17(12-18-7-5-8-20(31)13-18)9-10-23(32)24-19(15-29)14-21-25(22(24)16-30)27(34)28(11-4-2)26(21)33/h5,7-8,12-13,21-23,25,29-32H,3-4,6,9-11,14-16H2,1-2H3/b17-12+/t21-,22+,23-,25-/m1/s1. The van der Waals surface area contributed by atoms with Crippen LogP contribution in [-0.4, -0.2) is 63.0 Å². The van der Waals surface area contributed by atoms with Crippen molar-refractivity contribution >= 4 is 17.9 Å². The van der Waals surface area contributed by atoms with E-state index in [4.69, 9.17) is 0 Å². The fraction of sp³-hybridized carbons (Fsp3) is 0.556. The molecule has 0 saturated carbocycles. The van der Waals surface area contributed by atoms with E-state index < -0.39 is 23.9 Å². The largest absolute Gasteiger partial charge is 0.508 e. The minimum atomic E-state index is -0.937. The first-order valence-electron chi connectivity index (χ1n) is 12.3. The molecule has 4 N–H and O–H groups in total. The molecule has 1 aromatic carbocycles. The Labute approximate surface area is 201 Å². The van der Waals surface area contributed by atoms with Crippen LogP contribution in [0, 0.1) is 17.8 Å². The summed E-state index contributed by atoms with van der Waals surface area (Å²) in [4.78, 5) is 27.2. The maximum atomic E-state index is 13.1. The Balaban J connectivity index is 1.83. The van der Waals surface area contributed by atoms with Crippen molar-refractivity contribution in [3.8, 4) is 5.75 Å². The normalized spacial score (nSPS) is 24.1. The van der Waals surface area contributed by atoms with E-state index in [1.165, 1.54) is 4.90 Å². The van der Waals surface area contributed by atoms with Crippen LogP contribution in [0.1, 0.15) is 57.9 Å². The zero-order chi connectivity index (χ0) is 24.8. The minimum Gasteiger partial charge on any atom is -0.508 e. The van der Waals surface area contributed by atoms with Gasteiger partial charge in [-0.15, -0.1) is 0 Å². The highest BCUT2D eigenvalue weighted by Gasteiger charge is 2.54. The number of rotatable bonds is 11. The van der Waals surface area contributed by atoms with Crippen molar-refractivity contribution in [3.05, 3.63) is 46.5 Å². The molecule has 3 rings (SSSR count). The molecule has 2 amide bonds. The summed E-state index contributed by atoms with van der Waals surface area (Å²) in [6, 6.07) is 6.99. The van der Waals surface area contributed by atoms with Crippen LogP contribution in [0.2, 0.25) is 0 Å². The van der Waals surface area contributed by atoms with Gasteiger partial charge >= 0.3 is 0 Å². The molecule has 1 heterocycles. The van der Waals surface area contributed by atoms with Crippen molar-refractivity contribution < 1.29 is 30.0 Å². The minimum absolute atomic E-state index is 0.192. The Morgan fingerprint density at radius 2 is 1.91 bits per heavy atom. The molecule has 186 valence electrons. The molecule has 0 aromatic heterocycles. The molecule has 7 heteroatoms.